The molecule has 2 aromatic rings. The van der Waals surface area contributed by atoms with Gasteiger partial charge in [0.2, 0.25) is 5.91 Å². The van der Waals surface area contributed by atoms with Crippen molar-refractivity contribution in [2.45, 2.75) is 13.8 Å². The average molecular weight is 334 g/mol. The van der Waals surface area contributed by atoms with Crippen LogP contribution >= 0.6 is 23.8 Å². The van der Waals surface area contributed by atoms with E-state index in [0.29, 0.717) is 10.1 Å². The van der Waals surface area contributed by atoms with E-state index in [1.807, 2.05) is 37.3 Å². The van der Waals surface area contributed by atoms with Crippen molar-refractivity contribution >= 4 is 51.9 Å². The Morgan fingerprint density at radius 2 is 1.59 bits per heavy atom. The molecular formula is C16H16ClN3OS. The van der Waals surface area contributed by atoms with Crippen molar-refractivity contribution in [2.24, 2.45) is 0 Å². The second-order valence-corrected chi connectivity index (χ2v) is 5.64. The number of hydrogen-bond acceptors (Lipinski definition) is 2. The van der Waals surface area contributed by atoms with E-state index in [2.05, 4.69) is 16.0 Å². The van der Waals surface area contributed by atoms with Gasteiger partial charge in [0.25, 0.3) is 0 Å². The summed E-state index contributed by atoms with van der Waals surface area (Å²) in [6, 6.07) is 12.9. The van der Waals surface area contributed by atoms with E-state index in [-0.39, 0.29) is 5.91 Å². The van der Waals surface area contributed by atoms with Crippen molar-refractivity contribution in [3.05, 3.63) is 53.1 Å². The van der Waals surface area contributed by atoms with Gasteiger partial charge >= 0.3 is 0 Å². The molecule has 0 aromatic heterocycles. The zero-order valence-electron chi connectivity index (χ0n) is 12.2. The number of rotatable bonds is 3. The van der Waals surface area contributed by atoms with Crippen LogP contribution in [0, 0.1) is 6.92 Å². The molecule has 1 amide bonds. The molecule has 0 heterocycles. The third kappa shape index (κ3) is 4.72. The van der Waals surface area contributed by atoms with Gasteiger partial charge in [0.05, 0.1) is 0 Å². The first kappa shape index (κ1) is 16.3. The Labute approximate surface area is 139 Å². The molecule has 0 radical (unpaired) electrons. The topological polar surface area (TPSA) is 53.2 Å². The minimum Gasteiger partial charge on any atom is -0.332 e. The summed E-state index contributed by atoms with van der Waals surface area (Å²) in [7, 11) is 0. The molecule has 0 aliphatic heterocycles. The van der Waals surface area contributed by atoms with E-state index < -0.39 is 0 Å². The van der Waals surface area contributed by atoms with Crippen molar-refractivity contribution in [2.75, 3.05) is 16.0 Å². The number of aryl methyl sites for hydroxylation is 1. The molecule has 0 aliphatic rings. The second kappa shape index (κ2) is 7.24. The van der Waals surface area contributed by atoms with Crippen molar-refractivity contribution < 1.29 is 4.79 Å². The molecule has 4 nitrogen and oxygen atoms in total. The fourth-order valence-electron chi connectivity index (χ4n) is 1.85. The number of anilines is 3. The van der Waals surface area contributed by atoms with Crippen molar-refractivity contribution in [3.8, 4) is 0 Å². The average Bonchev–Trinajstić information content (AvgIpc) is 2.44. The number of thiocarbonyl (C=S) groups is 1. The van der Waals surface area contributed by atoms with Gasteiger partial charge in [-0.15, -0.1) is 0 Å². The third-order valence-corrected chi connectivity index (χ3v) is 3.35. The predicted octanol–water partition coefficient (Wildman–Crippen LogP) is 4.42. The fraction of sp³-hybridized carbons (Fsp3) is 0.125. The molecule has 0 saturated carbocycles. The molecular weight excluding hydrogens is 318 g/mol. The Morgan fingerprint density at radius 3 is 2.18 bits per heavy atom. The van der Waals surface area contributed by atoms with Crippen LogP contribution in [0.25, 0.3) is 0 Å². The quantitative estimate of drug-likeness (QED) is 0.728. The summed E-state index contributed by atoms with van der Waals surface area (Å²) in [6.07, 6.45) is 0. The lowest BCUT2D eigenvalue weighted by atomic mass is 10.2. The molecule has 6 heteroatoms. The van der Waals surface area contributed by atoms with Gasteiger partial charge in [-0.1, -0.05) is 17.7 Å². The van der Waals surface area contributed by atoms with Crippen LogP contribution in [0.3, 0.4) is 0 Å². The van der Waals surface area contributed by atoms with Crippen LogP contribution < -0.4 is 16.0 Å². The maximum Gasteiger partial charge on any atom is 0.221 e. The highest BCUT2D eigenvalue weighted by Gasteiger charge is 2.03. The number of hydrogen-bond donors (Lipinski definition) is 3. The van der Waals surface area contributed by atoms with Gasteiger partial charge in [-0.25, -0.2) is 0 Å². The zero-order valence-corrected chi connectivity index (χ0v) is 13.8. The SMILES string of the molecule is CC(=O)Nc1ccc(NC(=S)Nc2cc(Cl)ccc2C)cc1. The van der Waals surface area contributed by atoms with Crippen LogP contribution in [0.1, 0.15) is 12.5 Å². The molecule has 0 fully saturated rings. The predicted molar refractivity (Wildman–Crippen MR) is 96.8 cm³/mol. The summed E-state index contributed by atoms with van der Waals surface area (Å²) < 4.78 is 0. The minimum atomic E-state index is -0.102. The molecule has 2 aromatic carbocycles. The second-order valence-electron chi connectivity index (χ2n) is 4.80. The van der Waals surface area contributed by atoms with E-state index >= 15 is 0 Å². The Balaban J connectivity index is 1.99. The van der Waals surface area contributed by atoms with Gasteiger partial charge < -0.3 is 16.0 Å². The summed E-state index contributed by atoms with van der Waals surface area (Å²) in [5.74, 6) is -0.102. The molecule has 22 heavy (non-hydrogen) atoms. The van der Waals surface area contributed by atoms with E-state index in [0.717, 1.165) is 22.6 Å². The number of amides is 1. The molecule has 0 unspecified atom stereocenters. The number of nitrogens with one attached hydrogen (secondary N) is 3. The molecule has 3 N–H and O–H groups in total. The van der Waals surface area contributed by atoms with Gasteiger partial charge in [0.15, 0.2) is 5.11 Å². The summed E-state index contributed by atoms with van der Waals surface area (Å²) in [4.78, 5) is 11.0. The van der Waals surface area contributed by atoms with Gasteiger partial charge in [-0.2, -0.15) is 0 Å². The maximum atomic E-state index is 11.0. The van der Waals surface area contributed by atoms with E-state index in [1.165, 1.54) is 6.92 Å². The Bertz CT molecular complexity index is 701. The maximum absolute atomic E-state index is 11.0. The standard InChI is InChI=1S/C16H16ClN3OS/c1-10-3-4-12(17)9-15(10)20-16(22)19-14-7-5-13(6-8-14)18-11(2)21/h3-9H,1-2H3,(H,18,21)(H2,19,20,22). The Morgan fingerprint density at radius 1 is 1.00 bits per heavy atom. The normalized spacial score (nSPS) is 9.95. The van der Waals surface area contributed by atoms with Crippen LogP contribution in [-0.4, -0.2) is 11.0 Å². The van der Waals surface area contributed by atoms with Crippen LogP contribution in [0.4, 0.5) is 17.1 Å². The molecule has 114 valence electrons. The summed E-state index contributed by atoms with van der Waals surface area (Å²) in [5, 5.41) is 10.0. The largest absolute Gasteiger partial charge is 0.332 e. The van der Waals surface area contributed by atoms with Crippen molar-refractivity contribution in [1.82, 2.24) is 0 Å². The zero-order chi connectivity index (χ0) is 16.1. The molecule has 0 spiro atoms. The fourth-order valence-corrected chi connectivity index (χ4v) is 2.25. The van der Waals surface area contributed by atoms with Crippen LogP contribution in [0.2, 0.25) is 5.02 Å². The summed E-state index contributed by atoms with van der Waals surface area (Å²) in [6.45, 7) is 3.45. The molecule has 0 saturated heterocycles. The number of halogens is 1. The number of benzene rings is 2. The molecule has 0 aliphatic carbocycles. The van der Waals surface area contributed by atoms with E-state index in [9.17, 15) is 4.79 Å². The lowest BCUT2D eigenvalue weighted by molar-refractivity contribution is -0.114. The molecule has 2 rings (SSSR count). The number of carbonyl (C=O) groups excluding carboxylic acids is 1. The van der Waals surface area contributed by atoms with Gasteiger partial charge in [0.1, 0.15) is 0 Å². The highest BCUT2D eigenvalue weighted by Crippen LogP contribution is 2.21. The summed E-state index contributed by atoms with van der Waals surface area (Å²) in [5.41, 5.74) is 3.48. The third-order valence-electron chi connectivity index (χ3n) is 2.91. The van der Waals surface area contributed by atoms with Gasteiger partial charge in [-0.3, -0.25) is 4.79 Å². The van der Waals surface area contributed by atoms with Crippen LogP contribution in [-0.2, 0) is 4.79 Å². The minimum absolute atomic E-state index is 0.102. The first-order valence-electron chi connectivity index (χ1n) is 6.66. The first-order chi connectivity index (χ1) is 10.4. The lowest BCUT2D eigenvalue weighted by Gasteiger charge is -2.13. The monoisotopic (exact) mass is 333 g/mol. The lowest BCUT2D eigenvalue weighted by Crippen LogP contribution is -2.19. The first-order valence-corrected chi connectivity index (χ1v) is 7.44. The van der Waals surface area contributed by atoms with E-state index in [4.69, 9.17) is 23.8 Å². The number of carbonyl (C=O) groups is 1. The van der Waals surface area contributed by atoms with Crippen molar-refractivity contribution in [3.63, 3.8) is 0 Å². The van der Waals surface area contributed by atoms with Gasteiger partial charge in [-0.05, 0) is 61.1 Å². The van der Waals surface area contributed by atoms with Crippen LogP contribution in [0.15, 0.2) is 42.5 Å². The molecule has 0 atom stereocenters. The highest BCUT2D eigenvalue weighted by molar-refractivity contribution is 7.80. The Hall–Kier alpha value is -2.11. The van der Waals surface area contributed by atoms with Gasteiger partial charge in [0, 0.05) is 29.0 Å². The summed E-state index contributed by atoms with van der Waals surface area (Å²) >= 11 is 11.3. The smallest absolute Gasteiger partial charge is 0.221 e. The molecule has 0 bridgehead atoms. The van der Waals surface area contributed by atoms with Crippen LogP contribution in [0.5, 0.6) is 0 Å². The highest BCUT2D eigenvalue weighted by atomic mass is 35.5. The van der Waals surface area contributed by atoms with E-state index in [1.54, 1.807) is 12.1 Å². The Kier molecular flexibility index (Phi) is 5.35. The van der Waals surface area contributed by atoms with Crippen molar-refractivity contribution in [1.29, 1.82) is 0 Å².